The lowest BCUT2D eigenvalue weighted by Crippen LogP contribution is -1.90. The second kappa shape index (κ2) is 3.80. The molecule has 3 rings (SSSR count). The number of benzene rings is 1. The van der Waals surface area contributed by atoms with E-state index in [0.717, 1.165) is 18.7 Å². The third-order valence-electron chi connectivity index (χ3n) is 2.90. The van der Waals surface area contributed by atoms with Crippen LogP contribution in [-0.2, 0) is 0 Å². The fourth-order valence-corrected chi connectivity index (χ4v) is 1.75. The maximum Gasteiger partial charge on any atom is 0.270 e. The quantitative estimate of drug-likeness (QED) is 0.636. The highest BCUT2D eigenvalue weighted by atomic mass is 16.6. The van der Waals surface area contributed by atoms with Crippen molar-refractivity contribution in [3.8, 4) is 17.1 Å². The monoisotopic (exact) mass is 246 g/mol. The molecular formula is C11H10N4O3. The van der Waals surface area contributed by atoms with Gasteiger partial charge in [0.2, 0.25) is 0 Å². The summed E-state index contributed by atoms with van der Waals surface area (Å²) in [5.41, 5.74) is 0.174. The maximum absolute atomic E-state index is 10.7. The zero-order valence-corrected chi connectivity index (χ0v) is 9.33. The van der Waals surface area contributed by atoms with Crippen LogP contribution < -0.4 is 0 Å². The molecule has 1 fully saturated rings. The van der Waals surface area contributed by atoms with Gasteiger partial charge in [-0.2, -0.15) is 5.10 Å². The molecule has 1 saturated carbocycles. The number of H-pyrrole nitrogens is 1. The Bertz CT molecular complexity index is 619. The van der Waals surface area contributed by atoms with Crippen molar-refractivity contribution >= 4 is 5.69 Å². The number of hydrogen-bond acceptors (Lipinski definition) is 5. The Balaban J connectivity index is 2.03. The number of phenols is 1. The Labute approximate surface area is 102 Å². The van der Waals surface area contributed by atoms with E-state index in [1.807, 2.05) is 0 Å². The van der Waals surface area contributed by atoms with Crippen LogP contribution in [0, 0.1) is 10.1 Å². The molecule has 0 bridgehead atoms. The van der Waals surface area contributed by atoms with Gasteiger partial charge in [0.1, 0.15) is 11.6 Å². The maximum atomic E-state index is 10.7. The van der Waals surface area contributed by atoms with Gasteiger partial charge in [0.25, 0.3) is 5.69 Å². The molecule has 0 atom stereocenters. The molecule has 0 unspecified atom stereocenters. The van der Waals surface area contributed by atoms with Crippen LogP contribution in [0.3, 0.4) is 0 Å². The number of aromatic nitrogens is 3. The summed E-state index contributed by atoms with van der Waals surface area (Å²) in [5.74, 6) is 1.41. The lowest BCUT2D eigenvalue weighted by atomic mass is 10.1. The SMILES string of the molecule is O=[N+]([O-])c1ccc(O)c(-c2n[nH]c(C3CC3)n2)c1. The van der Waals surface area contributed by atoms with Gasteiger partial charge in [0.15, 0.2) is 5.82 Å². The van der Waals surface area contributed by atoms with Gasteiger partial charge in [0.05, 0.1) is 10.5 Å². The minimum Gasteiger partial charge on any atom is -0.507 e. The summed E-state index contributed by atoms with van der Waals surface area (Å²) >= 11 is 0. The molecule has 1 aromatic carbocycles. The van der Waals surface area contributed by atoms with Gasteiger partial charge in [-0.05, 0) is 18.9 Å². The van der Waals surface area contributed by atoms with Crippen molar-refractivity contribution in [1.29, 1.82) is 0 Å². The molecule has 18 heavy (non-hydrogen) atoms. The molecular weight excluding hydrogens is 236 g/mol. The topological polar surface area (TPSA) is 105 Å². The first kappa shape index (κ1) is 10.7. The molecule has 1 heterocycles. The van der Waals surface area contributed by atoms with Crippen LogP contribution in [0.1, 0.15) is 24.6 Å². The Kier molecular flexibility index (Phi) is 2.26. The van der Waals surface area contributed by atoms with E-state index in [2.05, 4.69) is 15.2 Å². The normalized spacial score (nSPS) is 14.7. The molecule has 0 radical (unpaired) electrons. The van der Waals surface area contributed by atoms with Crippen LogP contribution in [-0.4, -0.2) is 25.2 Å². The summed E-state index contributed by atoms with van der Waals surface area (Å²) in [6, 6.07) is 3.79. The number of aromatic amines is 1. The first-order valence-electron chi connectivity index (χ1n) is 5.55. The van der Waals surface area contributed by atoms with Crippen molar-refractivity contribution < 1.29 is 10.0 Å². The van der Waals surface area contributed by atoms with Crippen molar-refractivity contribution in [2.24, 2.45) is 0 Å². The summed E-state index contributed by atoms with van der Waals surface area (Å²) in [6.07, 6.45) is 2.16. The third kappa shape index (κ3) is 1.79. The number of aromatic hydroxyl groups is 1. The first-order valence-corrected chi connectivity index (χ1v) is 5.55. The average Bonchev–Trinajstić information content (AvgIpc) is 3.08. The van der Waals surface area contributed by atoms with Crippen molar-refractivity contribution in [2.75, 3.05) is 0 Å². The van der Waals surface area contributed by atoms with Gasteiger partial charge in [-0.15, -0.1) is 0 Å². The summed E-state index contributed by atoms with van der Waals surface area (Å²) in [5, 5.41) is 27.2. The molecule has 7 nitrogen and oxygen atoms in total. The Morgan fingerprint density at radius 1 is 1.44 bits per heavy atom. The molecule has 2 aromatic rings. The van der Waals surface area contributed by atoms with E-state index in [1.165, 1.54) is 18.2 Å². The van der Waals surface area contributed by atoms with Crippen molar-refractivity contribution in [3.63, 3.8) is 0 Å². The fourth-order valence-electron chi connectivity index (χ4n) is 1.75. The zero-order chi connectivity index (χ0) is 12.7. The lowest BCUT2D eigenvalue weighted by Gasteiger charge is -1.99. The van der Waals surface area contributed by atoms with Crippen LogP contribution in [0.4, 0.5) is 5.69 Å². The van der Waals surface area contributed by atoms with Crippen LogP contribution >= 0.6 is 0 Å². The molecule has 0 spiro atoms. The Morgan fingerprint density at radius 2 is 2.22 bits per heavy atom. The fraction of sp³-hybridized carbons (Fsp3) is 0.273. The van der Waals surface area contributed by atoms with E-state index in [9.17, 15) is 15.2 Å². The highest BCUT2D eigenvalue weighted by molar-refractivity contribution is 5.66. The molecule has 92 valence electrons. The van der Waals surface area contributed by atoms with Gasteiger partial charge in [0, 0.05) is 18.1 Å². The van der Waals surface area contributed by atoms with E-state index >= 15 is 0 Å². The summed E-state index contributed by atoms with van der Waals surface area (Å²) in [4.78, 5) is 14.4. The van der Waals surface area contributed by atoms with Gasteiger partial charge < -0.3 is 5.11 Å². The van der Waals surface area contributed by atoms with Crippen molar-refractivity contribution in [1.82, 2.24) is 15.2 Å². The molecule has 7 heteroatoms. The minimum absolute atomic E-state index is 0.0676. The zero-order valence-electron chi connectivity index (χ0n) is 9.33. The third-order valence-corrected chi connectivity index (χ3v) is 2.90. The second-order valence-corrected chi connectivity index (χ2v) is 4.28. The Hall–Kier alpha value is -2.44. The average molecular weight is 246 g/mol. The number of rotatable bonds is 3. The summed E-state index contributed by atoms with van der Waals surface area (Å²) < 4.78 is 0. The summed E-state index contributed by atoms with van der Waals surface area (Å²) in [6.45, 7) is 0. The number of phenolic OH excluding ortho intramolecular Hbond substituents is 1. The smallest absolute Gasteiger partial charge is 0.270 e. The van der Waals surface area contributed by atoms with Crippen molar-refractivity contribution in [3.05, 3.63) is 34.1 Å². The molecule has 0 saturated heterocycles. The van der Waals surface area contributed by atoms with E-state index in [0.29, 0.717) is 5.92 Å². The molecule has 0 aliphatic heterocycles. The van der Waals surface area contributed by atoms with E-state index in [4.69, 9.17) is 0 Å². The predicted octanol–water partition coefficient (Wildman–Crippen LogP) is 1.96. The van der Waals surface area contributed by atoms with Gasteiger partial charge in [-0.1, -0.05) is 0 Å². The highest BCUT2D eigenvalue weighted by Gasteiger charge is 2.27. The largest absolute Gasteiger partial charge is 0.507 e. The second-order valence-electron chi connectivity index (χ2n) is 4.28. The predicted molar refractivity (Wildman–Crippen MR) is 62.1 cm³/mol. The van der Waals surface area contributed by atoms with Crippen LogP contribution in [0.25, 0.3) is 11.4 Å². The Morgan fingerprint density at radius 3 is 2.89 bits per heavy atom. The first-order chi connectivity index (χ1) is 8.65. The van der Waals surface area contributed by atoms with Gasteiger partial charge in [-0.3, -0.25) is 15.2 Å². The number of nitro groups is 1. The lowest BCUT2D eigenvalue weighted by molar-refractivity contribution is -0.384. The molecule has 2 N–H and O–H groups in total. The summed E-state index contributed by atoms with van der Waals surface area (Å²) in [7, 11) is 0. The highest BCUT2D eigenvalue weighted by Crippen LogP contribution is 2.39. The van der Waals surface area contributed by atoms with E-state index in [-0.39, 0.29) is 22.8 Å². The van der Waals surface area contributed by atoms with Gasteiger partial charge >= 0.3 is 0 Å². The molecule has 0 amide bonds. The van der Waals surface area contributed by atoms with E-state index in [1.54, 1.807) is 0 Å². The number of nitrogens with one attached hydrogen (secondary N) is 1. The van der Waals surface area contributed by atoms with E-state index < -0.39 is 4.92 Å². The standard InChI is InChI=1S/C11H10N4O3/c16-9-4-3-7(15(17)18)5-8(9)11-12-10(13-14-11)6-1-2-6/h3-6,16H,1-2H2,(H,12,13,14). The number of nitro benzene ring substituents is 1. The number of hydrogen-bond donors (Lipinski definition) is 2. The molecule has 1 aliphatic rings. The number of non-ortho nitro benzene ring substituents is 1. The van der Waals surface area contributed by atoms with Crippen LogP contribution in [0.5, 0.6) is 5.75 Å². The molecule has 1 aromatic heterocycles. The van der Waals surface area contributed by atoms with Crippen LogP contribution in [0.15, 0.2) is 18.2 Å². The van der Waals surface area contributed by atoms with Gasteiger partial charge in [-0.25, -0.2) is 4.98 Å². The minimum atomic E-state index is -0.516. The molecule has 1 aliphatic carbocycles. The van der Waals surface area contributed by atoms with Crippen LogP contribution in [0.2, 0.25) is 0 Å². The number of nitrogens with zero attached hydrogens (tertiary/aromatic N) is 3. The van der Waals surface area contributed by atoms with Crippen molar-refractivity contribution in [2.45, 2.75) is 18.8 Å².